The molecule has 0 aromatic heterocycles. The van der Waals surface area contributed by atoms with E-state index >= 15 is 0 Å². The first-order valence-corrected chi connectivity index (χ1v) is 7.41. The highest BCUT2D eigenvalue weighted by Crippen LogP contribution is 2.31. The number of piperidine rings is 1. The number of anilines is 1. The molecule has 5 heteroatoms. The van der Waals surface area contributed by atoms with Crippen molar-refractivity contribution in [2.45, 2.75) is 38.3 Å². The zero-order valence-corrected chi connectivity index (χ0v) is 12.4. The van der Waals surface area contributed by atoms with Crippen molar-refractivity contribution >= 4 is 17.5 Å². The molecular weight excluding hydrogens is 268 g/mol. The maximum Gasteiger partial charge on any atom is 0.250 e. The Bertz CT molecular complexity index is 572. The van der Waals surface area contributed by atoms with E-state index in [4.69, 9.17) is 4.74 Å². The predicted octanol–water partition coefficient (Wildman–Crippen LogP) is 1.81. The zero-order valence-electron chi connectivity index (χ0n) is 12.4. The van der Waals surface area contributed by atoms with Gasteiger partial charge in [0.25, 0.3) is 5.91 Å². The van der Waals surface area contributed by atoms with Crippen LogP contribution in [0.3, 0.4) is 0 Å². The third kappa shape index (κ3) is 2.26. The molecule has 3 rings (SSSR count). The quantitative estimate of drug-likeness (QED) is 0.834. The van der Waals surface area contributed by atoms with E-state index in [1.54, 1.807) is 29.9 Å². The summed E-state index contributed by atoms with van der Waals surface area (Å²) in [4.78, 5) is 28.7. The second-order valence-electron chi connectivity index (χ2n) is 5.63. The van der Waals surface area contributed by atoms with Gasteiger partial charge in [0, 0.05) is 18.3 Å². The van der Waals surface area contributed by atoms with Gasteiger partial charge >= 0.3 is 0 Å². The summed E-state index contributed by atoms with van der Waals surface area (Å²) >= 11 is 0. The van der Waals surface area contributed by atoms with Crippen molar-refractivity contribution in [3.05, 3.63) is 24.3 Å². The molecule has 2 fully saturated rings. The van der Waals surface area contributed by atoms with Gasteiger partial charge in [-0.05, 0) is 38.3 Å². The number of hydrogen-bond acceptors (Lipinski definition) is 3. The fraction of sp³-hybridized carbons (Fsp3) is 0.500. The first-order chi connectivity index (χ1) is 10.1. The number of carbonyl (C=O) groups excluding carboxylic acids is 2. The van der Waals surface area contributed by atoms with Gasteiger partial charge in [-0.3, -0.25) is 14.5 Å². The minimum atomic E-state index is -0.459. The summed E-state index contributed by atoms with van der Waals surface area (Å²) in [6, 6.07) is 6.57. The average molecular weight is 288 g/mol. The number of rotatable bonds is 2. The molecule has 2 atom stereocenters. The van der Waals surface area contributed by atoms with Crippen LogP contribution in [0.4, 0.5) is 5.69 Å². The molecule has 2 unspecified atom stereocenters. The molecule has 112 valence electrons. The van der Waals surface area contributed by atoms with E-state index in [-0.39, 0.29) is 17.9 Å². The van der Waals surface area contributed by atoms with E-state index in [9.17, 15) is 9.59 Å². The molecule has 2 heterocycles. The molecule has 0 N–H and O–H groups in total. The number of hydrogen-bond donors (Lipinski definition) is 0. The fourth-order valence-electron chi connectivity index (χ4n) is 3.27. The predicted molar refractivity (Wildman–Crippen MR) is 79.3 cm³/mol. The van der Waals surface area contributed by atoms with Gasteiger partial charge in [0.05, 0.1) is 7.11 Å². The lowest BCUT2D eigenvalue weighted by atomic mass is 9.95. The van der Waals surface area contributed by atoms with E-state index in [1.807, 2.05) is 18.2 Å². The van der Waals surface area contributed by atoms with Crippen molar-refractivity contribution in [3.63, 3.8) is 0 Å². The molecule has 2 amide bonds. The van der Waals surface area contributed by atoms with Crippen molar-refractivity contribution in [3.8, 4) is 5.75 Å². The second-order valence-corrected chi connectivity index (χ2v) is 5.63. The lowest BCUT2D eigenvalue weighted by Crippen LogP contribution is -2.65. The van der Waals surface area contributed by atoms with Gasteiger partial charge in [-0.15, -0.1) is 0 Å². The minimum absolute atomic E-state index is 0.0232. The molecule has 1 aromatic carbocycles. The molecule has 2 aliphatic rings. The Kier molecular flexibility index (Phi) is 3.57. The number of benzene rings is 1. The molecule has 21 heavy (non-hydrogen) atoms. The molecule has 2 saturated heterocycles. The van der Waals surface area contributed by atoms with E-state index in [0.717, 1.165) is 24.9 Å². The molecule has 5 nitrogen and oxygen atoms in total. The van der Waals surface area contributed by atoms with Gasteiger partial charge in [-0.25, -0.2) is 0 Å². The largest absolute Gasteiger partial charge is 0.497 e. The van der Waals surface area contributed by atoms with Gasteiger partial charge < -0.3 is 9.64 Å². The van der Waals surface area contributed by atoms with E-state index < -0.39 is 6.04 Å². The Morgan fingerprint density at radius 1 is 1.19 bits per heavy atom. The van der Waals surface area contributed by atoms with Crippen LogP contribution >= 0.6 is 0 Å². The maximum absolute atomic E-state index is 12.8. The van der Waals surface area contributed by atoms with Crippen LogP contribution in [0, 0.1) is 0 Å². The lowest BCUT2D eigenvalue weighted by molar-refractivity contribution is -0.147. The third-order valence-electron chi connectivity index (χ3n) is 4.38. The van der Waals surface area contributed by atoms with Crippen molar-refractivity contribution in [1.29, 1.82) is 0 Å². The Balaban J connectivity index is 1.97. The Labute approximate surface area is 124 Å². The highest BCUT2D eigenvalue weighted by atomic mass is 16.5. The number of fused-ring (bicyclic) bond motifs is 1. The number of amides is 2. The molecule has 0 aliphatic carbocycles. The number of methoxy groups -OCH3 is 1. The number of carbonyl (C=O) groups is 2. The SMILES string of the molecule is COc1cccc(N2C(=O)C3CCCCN3C(=O)C2C)c1. The van der Waals surface area contributed by atoms with Gasteiger partial charge in [0.1, 0.15) is 17.8 Å². The highest BCUT2D eigenvalue weighted by Gasteiger charge is 2.45. The van der Waals surface area contributed by atoms with E-state index in [1.165, 1.54) is 0 Å². The first kappa shape index (κ1) is 13.9. The Hall–Kier alpha value is -2.04. The highest BCUT2D eigenvalue weighted by molar-refractivity contribution is 6.08. The standard InChI is InChI=1S/C16H20N2O3/c1-11-15(19)17-9-4-3-8-14(17)16(20)18(11)12-6-5-7-13(10-12)21-2/h5-7,10-11,14H,3-4,8-9H2,1-2H3. The van der Waals surface area contributed by atoms with Crippen LogP contribution in [0.1, 0.15) is 26.2 Å². The third-order valence-corrected chi connectivity index (χ3v) is 4.38. The first-order valence-electron chi connectivity index (χ1n) is 7.41. The van der Waals surface area contributed by atoms with Crippen molar-refractivity contribution in [1.82, 2.24) is 4.90 Å². The minimum Gasteiger partial charge on any atom is -0.497 e. The zero-order chi connectivity index (χ0) is 15.0. The topological polar surface area (TPSA) is 49.9 Å². The van der Waals surface area contributed by atoms with Crippen LogP contribution in [-0.2, 0) is 9.59 Å². The van der Waals surface area contributed by atoms with E-state index in [2.05, 4.69) is 0 Å². The van der Waals surface area contributed by atoms with Crippen LogP contribution < -0.4 is 9.64 Å². The van der Waals surface area contributed by atoms with Crippen LogP contribution in [0.5, 0.6) is 5.75 Å². The van der Waals surface area contributed by atoms with Gasteiger partial charge in [0.2, 0.25) is 5.91 Å². The summed E-state index contributed by atoms with van der Waals surface area (Å²) in [5, 5.41) is 0. The van der Waals surface area contributed by atoms with Gasteiger partial charge in [-0.2, -0.15) is 0 Å². The lowest BCUT2D eigenvalue weighted by Gasteiger charge is -2.46. The van der Waals surface area contributed by atoms with Crippen LogP contribution in [0.25, 0.3) is 0 Å². The summed E-state index contributed by atoms with van der Waals surface area (Å²) in [7, 11) is 1.59. The summed E-state index contributed by atoms with van der Waals surface area (Å²) in [5.74, 6) is 0.753. The molecule has 0 saturated carbocycles. The van der Waals surface area contributed by atoms with Crippen LogP contribution in [0.2, 0.25) is 0 Å². The van der Waals surface area contributed by atoms with Crippen LogP contribution in [0.15, 0.2) is 24.3 Å². The molecular formula is C16H20N2O3. The average Bonchev–Trinajstić information content (AvgIpc) is 2.53. The van der Waals surface area contributed by atoms with Gasteiger partial charge in [0.15, 0.2) is 0 Å². The summed E-state index contributed by atoms with van der Waals surface area (Å²) in [6.07, 6.45) is 2.75. The normalized spacial score (nSPS) is 25.8. The van der Waals surface area contributed by atoms with Crippen LogP contribution in [-0.4, -0.2) is 42.5 Å². The smallest absolute Gasteiger partial charge is 0.250 e. The number of nitrogens with zero attached hydrogens (tertiary/aromatic N) is 2. The molecule has 1 aromatic rings. The monoisotopic (exact) mass is 288 g/mol. The molecule has 0 spiro atoms. The maximum atomic E-state index is 12.8. The molecule has 2 aliphatic heterocycles. The van der Waals surface area contributed by atoms with Crippen molar-refractivity contribution < 1.29 is 14.3 Å². The van der Waals surface area contributed by atoms with Crippen molar-refractivity contribution in [2.75, 3.05) is 18.6 Å². The summed E-state index contributed by atoms with van der Waals surface area (Å²) in [6.45, 7) is 2.50. The fourth-order valence-corrected chi connectivity index (χ4v) is 3.27. The van der Waals surface area contributed by atoms with Crippen molar-refractivity contribution in [2.24, 2.45) is 0 Å². The summed E-state index contributed by atoms with van der Waals surface area (Å²) < 4.78 is 5.22. The second kappa shape index (κ2) is 5.39. The van der Waals surface area contributed by atoms with Gasteiger partial charge in [-0.1, -0.05) is 6.07 Å². The van der Waals surface area contributed by atoms with E-state index in [0.29, 0.717) is 12.3 Å². The number of ether oxygens (including phenoxy) is 1. The number of piperazine rings is 1. The Morgan fingerprint density at radius 3 is 2.76 bits per heavy atom. The Morgan fingerprint density at radius 2 is 2.00 bits per heavy atom. The summed E-state index contributed by atoms with van der Waals surface area (Å²) in [5.41, 5.74) is 0.727. The molecule has 0 radical (unpaired) electrons. The molecule has 0 bridgehead atoms.